The van der Waals surface area contributed by atoms with Gasteiger partial charge in [0, 0.05) is 10.9 Å². The summed E-state index contributed by atoms with van der Waals surface area (Å²) >= 11 is 6.54. The highest BCUT2D eigenvalue weighted by molar-refractivity contribution is 7.80. The van der Waals surface area contributed by atoms with Gasteiger partial charge in [-0.3, -0.25) is 10.1 Å². The van der Waals surface area contributed by atoms with Crippen molar-refractivity contribution in [1.82, 2.24) is 10.3 Å². The molecule has 150 valence electrons. The molecule has 3 rings (SSSR count). The summed E-state index contributed by atoms with van der Waals surface area (Å²) in [7, 11) is 3.17. The predicted molar refractivity (Wildman–Crippen MR) is 117 cm³/mol. The van der Waals surface area contributed by atoms with Crippen molar-refractivity contribution in [2.24, 2.45) is 0 Å². The summed E-state index contributed by atoms with van der Waals surface area (Å²) in [5, 5.41) is 8.07. The predicted octanol–water partition coefficient (Wildman–Crippen LogP) is 3.72. The van der Waals surface area contributed by atoms with Crippen LogP contribution in [0.25, 0.3) is 11.3 Å². The van der Waals surface area contributed by atoms with Gasteiger partial charge in [-0.1, -0.05) is 18.2 Å². The number of para-hydroxylation sites is 1. The van der Waals surface area contributed by atoms with Crippen molar-refractivity contribution in [3.05, 3.63) is 53.9 Å². The minimum atomic E-state index is -0.358. The Morgan fingerprint density at radius 3 is 2.59 bits per heavy atom. The van der Waals surface area contributed by atoms with Crippen molar-refractivity contribution >= 4 is 39.7 Å². The first-order chi connectivity index (χ1) is 14.1. The molecule has 0 saturated carbocycles. The number of carbonyl (C=O) groups excluding carboxylic acids is 1. The van der Waals surface area contributed by atoms with E-state index in [1.807, 2.05) is 41.8 Å². The number of benzene rings is 2. The molecule has 0 aliphatic carbocycles. The Bertz CT molecular complexity index is 992. The average Bonchev–Trinajstić information content (AvgIpc) is 3.20. The average molecular weight is 430 g/mol. The lowest BCUT2D eigenvalue weighted by molar-refractivity contribution is -0.121. The second-order valence-electron chi connectivity index (χ2n) is 5.71. The number of thiocarbonyl (C=S) groups is 1. The van der Waals surface area contributed by atoms with Crippen LogP contribution in [0.4, 0.5) is 5.13 Å². The molecule has 2 aromatic carbocycles. The summed E-state index contributed by atoms with van der Waals surface area (Å²) < 4.78 is 16.0. The molecule has 0 atom stereocenters. The molecule has 0 fully saturated rings. The van der Waals surface area contributed by atoms with Crippen LogP contribution in [0, 0.1) is 0 Å². The van der Waals surface area contributed by atoms with Gasteiger partial charge < -0.3 is 19.5 Å². The lowest BCUT2D eigenvalue weighted by Gasteiger charge is -2.09. The molecule has 3 aromatic rings. The van der Waals surface area contributed by atoms with Crippen LogP contribution >= 0.6 is 23.6 Å². The lowest BCUT2D eigenvalue weighted by Crippen LogP contribution is -2.37. The highest BCUT2D eigenvalue weighted by atomic mass is 32.1. The molecule has 0 radical (unpaired) electrons. The van der Waals surface area contributed by atoms with Crippen LogP contribution in [-0.2, 0) is 4.79 Å². The largest absolute Gasteiger partial charge is 0.493 e. The number of nitrogens with one attached hydrogen (secondary N) is 2. The normalized spacial score (nSPS) is 10.1. The smallest absolute Gasteiger partial charge is 0.264 e. The molecule has 29 heavy (non-hydrogen) atoms. The number of aromatic nitrogens is 1. The van der Waals surface area contributed by atoms with E-state index in [2.05, 4.69) is 15.6 Å². The van der Waals surface area contributed by atoms with Crippen LogP contribution < -0.4 is 24.8 Å². The van der Waals surface area contributed by atoms with E-state index in [1.54, 1.807) is 26.4 Å². The van der Waals surface area contributed by atoms with Crippen LogP contribution in [-0.4, -0.2) is 36.8 Å². The van der Waals surface area contributed by atoms with Crippen molar-refractivity contribution in [1.29, 1.82) is 0 Å². The molecule has 0 bridgehead atoms. The van der Waals surface area contributed by atoms with Crippen molar-refractivity contribution in [2.75, 3.05) is 26.1 Å². The number of ether oxygens (including phenoxy) is 3. The molecule has 0 aliphatic heterocycles. The third-order valence-electron chi connectivity index (χ3n) is 3.77. The van der Waals surface area contributed by atoms with E-state index in [-0.39, 0.29) is 17.6 Å². The van der Waals surface area contributed by atoms with E-state index in [0.29, 0.717) is 22.4 Å². The first-order valence-corrected chi connectivity index (χ1v) is 9.84. The SMILES string of the molecule is COc1ccc(-c2csc(NC(=S)NC(=O)COc3ccccc3)n2)cc1OC. The summed E-state index contributed by atoms with van der Waals surface area (Å²) in [5.41, 5.74) is 1.62. The highest BCUT2D eigenvalue weighted by Crippen LogP contribution is 2.33. The van der Waals surface area contributed by atoms with Crippen LogP contribution in [0.15, 0.2) is 53.9 Å². The Hall–Kier alpha value is -3.17. The van der Waals surface area contributed by atoms with Gasteiger partial charge in [0.1, 0.15) is 5.75 Å². The van der Waals surface area contributed by atoms with Crippen molar-refractivity contribution in [3.8, 4) is 28.5 Å². The van der Waals surface area contributed by atoms with Crippen LogP contribution in [0.3, 0.4) is 0 Å². The lowest BCUT2D eigenvalue weighted by atomic mass is 10.1. The standard InChI is InChI=1S/C20H19N3O4S2/c1-25-16-9-8-13(10-17(16)26-2)15-12-29-20(21-15)23-19(28)22-18(24)11-27-14-6-4-3-5-7-14/h3-10,12H,11H2,1-2H3,(H2,21,22,23,24,28). The van der Waals surface area contributed by atoms with Crippen LogP contribution in [0.2, 0.25) is 0 Å². The molecule has 7 nitrogen and oxygen atoms in total. The molecule has 1 amide bonds. The van der Waals surface area contributed by atoms with Crippen molar-refractivity contribution < 1.29 is 19.0 Å². The molecule has 0 aliphatic rings. The fourth-order valence-electron chi connectivity index (χ4n) is 2.42. The fraction of sp³-hybridized carbons (Fsp3) is 0.150. The second kappa shape index (κ2) is 9.85. The molecule has 0 unspecified atom stereocenters. The van der Waals surface area contributed by atoms with Crippen LogP contribution in [0.1, 0.15) is 0 Å². The van der Waals surface area contributed by atoms with Gasteiger partial charge in [0.2, 0.25) is 0 Å². The van der Waals surface area contributed by atoms with E-state index < -0.39 is 0 Å². The minimum Gasteiger partial charge on any atom is -0.493 e. The van der Waals surface area contributed by atoms with E-state index in [9.17, 15) is 4.79 Å². The van der Waals surface area contributed by atoms with Crippen molar-refractivity contribution in [3.63, 3.8) is 0 Å². The van der Waals surface area contributed by atoms with Gasteiger partial charge >= 0.3 is 0 Å². The maximum absolute atomic E-state index is 12.0. The second-order valence-corrected chi connectivity index (χ2v) is 6.98. The number of amides is 1. The van der Waals surface area contributed by atoms with Gasteiger partial charge in [0.05, 0.1) is 19.9 Å². The molecular formula is C20H19N3O4S2. The summed E-state index contributed by atoms with van der Waals surface area (Å²) in [6.45, 7) is -0.138. The van der Waals surface area contributed by atoms with Crippen LogP contribution in [0.5, 0.6) is 17.2 Å². The molecule has 0 saturated heterocycles. The van der Waals surface area contributed by atoms with Gasteiger partial charge in [-0.15, -0.1) is 11.3 Å². The molecule has 1 heterocycles. The first kappa shape index (κ1) is 20.6. The number of hydrogen-bond acceptors (Lipinski definition) is 7. The molecule has 1 aromatic heterocycles. The molecular weight excluding hydrogens is 410 g/mol. The Kier molecular flexibility index (Phi) is 6.99. The van der Waals surface area contributed by atoms with Gasteiger partial charge in [-0.05, 0) is 42.5 Å². The maximum atomic E-state index is 12.0. The topological polar surface area (TPSA) is 81.7 Å². The maximum Gasteiger partial charge on any atom is 0.264 e. The summed E-state index contributed by atoms with van der Waals surface area (Å²) in [6, 6.07) is 14.6. The number of rotatable bonds is 7. The third-order valence-corrected chi connectivity index (χ3v) is 4.73. The quantitative estimate of drug-likeness (QED) is 0.554. The number of thiazole rings is 1. The third kappa shape index (κ3) is 5.66. The zero-order valence-corrected chi connectivity index (χ0v) is 17.4. The Balaban J connectivity index is 1.55. The van der Waals surface area contributed by atoms with Gasteiger partial charge in [-0.2, -0.15) is 0 Å². The molecule has 9 heteroatoms. The van der Waals surface area contributed by atoms with E-state index in [1.165, 1.54) is 11.3 Å². The monoisotopic (exact) mass is 429 g/mol. The van der Waals surface area contributed by atoms with E-state index in [4.69, 9.17) is 26.4 Å². The number of hydrogen-bond donors (Lipinski definition) is 2. The van der Waals surface area contributed by atoms with Gasteiger partial charge in [-0.25, -0.2) is 4.98 Å². The number of nitrogens with zero attached hydrogens (tertiary/aromatic N) is 1. The van der Waals surface area contributed by atoms with Gasteiger partial charge in [0.15, 0.2) is 28.3 Å². The first-order valence-electron chi connectivity index (χ1n) is 8.55. The molecule has 0 spiro atoms. The van der Waals surface area contributed by atoms with E-state index >= 15 is 0 Å². The molecule has 2 N–H and O–H groups in total. The summed E-state index contributed by atoms with van der Waals surface area (Å²) in [5.74, 6) is 1.52. The minimum absolute atomic E-state index is 0.138. The van der Waals surface area contributed by atoms with E-state index in [0.717, 1.165) is 11.3 Å². The van der Waals surface area contributed by atoms with Gasteiger partial charge in [0.25, 0.3) is 5.91 Å². The zero-order valence-electron chi connectivity index (χ0n) is 15.8. The number of anilines is 1. The summed E-state index contributed by atoms with van der Waals surface area (Å²) in [6.07, 6.45) is 0. The fourth-order valence-corrected chi connectivity index (χ4v) is 3.42. The highest BCUT2D eigenvalue weighted by Gasteiger charge is 2.11. The Morgan fingerprint density at radius 2 is 1.86 bits per heavy atom. The zero-order chi connectivity index (χ0) is 20.6. The Labute approximate surface area is 177 Å². The summed E-state index contributed by atoms with van der Waals surface area (Å²) in [4.78, 5) is 16.5. The number of carbonyl (C=O) groups is 1. The Morgan fingerprint density at radius 1 is 1.10 bits per heavy atom. The number of methoxy groups -OCH3 is 2. The van der Waals surface area contributed by atoms with Crippen molar-refractivity contribution in [2.45, 2.75) is 0 Å².